The summed E-state index contributed by atoms with van der Waals surface area (Å²) in [6, 6.07) is 5.00. The number of hydrogen-bond acceptors (Lipinski definition) is 5. The van der Waals surface area contributed by atoms with Gasteiger partial charge in [0.2, 0.25) is 5.82 Å². The minimum Gasteiger partial charge on any atom is -0.359 e. The van der Waals surface area contributed by atoms with E-state index in [2.05, 4.69) is 25.3 Å². The molecule has 0 amide bonds. The van der Waals surface area contributed by atoms with Crippen molar-refractivity contribution in [1.82, 2.24) is 24.3 Å². The van der Waals surface area contributed by atoms with E-state index in [4.69, 9.17) is 11.6 Å². The Labute approximate surface area is 162 Å². The van der Waals surface area contributed by atoms with Gasteiger partial charge in [0.05, 0.1) is 24.1 Å². The molecule has 1 N–H and O–H groups in total. The minimum absolute atomic E-state index is 0.0614. The van der Waals surface area contributed by atoms with Gasteiger partial charge in [0.1, 0.15) is 23.0 Å². The summed E-state index contributed by atoms with van der Waals surface area (Å²) in [5.41, 5.74) is 1.29. The summed E-state index contributed by atoms with van der Waals surface area (Å²) in [4.78, 5) is 16.2. The van der Waals surface area contributed by atoms with Crippen LogP contribution < -0.4 is 5.32 Å². The van der Waals surface area contributed by atoms with E-state index in [0.717, 1.165) is 6.20 Å². The molecule has 10 heteroatoms. The standard InChI is InChI=1S/C18H12ClF3N6/c1-9(12-4-2-10(20)6-23-12)25-18-15(22)16(19)26-17(27-18)13-7-24-14-5-3-11(21)8-28(13)14/h2-9H,1H3,(H,25,26,27)/t9-/m0/s1. The van der Waals surface area contributed by atoms with Gasteiger partial charge in [-0.1, -0.05) is 11.6 Å². The highest BCUT2D eigenvalue weighted by Crippen LogP contribution is 2.27. The lowest BCUT2D eigenvalue weighted by Gasteiger charge is -2.15. The van der Waals surface area contributed by atoms with E-state index in [1.54, 1.807) is 6.92 Å². The Balaban J connectivity index is 1.74. The molecule has 0 unspecified atom stereocenters. The van der Waals surface area contributed by atoms with Crippen molar-refractivity contribution in [2.75, 3.05) is 5.32 Å². The molecular formula is C18H12ClF3N6. The lowest BCUT2D eigenvalue weighted by molar-refractivity contribution is 0.609. The van der Waals surface area contributed by atoms with E-state index >= 15 is 0 Å². The van der Waals surface area contributed by atoms with Crippen molar-refractivity contribution in [3.8, 4) is 11.5 Å². The van der Waals surface area contributed by atoms with E-state index in [9.17, 15) is 13.2 Å². The fourth-order valence-electron chi connectivity index (χ4n) is 2.67. The third kappa shape index (κ3) is 3.36. The van der Waals surface area contributed by atoms with Crippen molar-refractivity contribution >= 4 is 23.1 Å². The summed E-state index contributed by atoms with van der Waals surface area (Å²) in [6.45, 7) is 1.71. The lowest BCUT2D eigenvalue weighted by atomic mass is 10.2. The Bertz CT molecular complexity index is 1160. The molecule has 0 radical (unpaired) electrons. The Morgan fingerprint density at radius 2 is 1.79 bits per heavy atom. The van der Waals surface area contributed by atoms with Crippen LogP contribution >= 0.6 is 11.6 Å². The van der Waals surface area contributed by atoms with Gasteiger partial charge in [-0.2, -0.15) is 4.39 Å². The van der Waals surface area contributed by atoms with Crippen LogP contribution in [0.3, 0.4) is 0 Å². The molecule has 0 aliphatic heterocycles. The molecule has 4 rings (SSSR count). The maximum atomic E-state index is 14.5. The third-order valence-corrected chi connectivity index (χ3v) is 4.31. The predicted octanol–water partition coefficient (Wildman–Crippen LogP) is 4.43. The monoisotopic (exact) mass is 404 g/mol. The van der Waals surface area contributed by atoms with Gasteiger partial charge in [0, 0.05) is 6.20 Å². The Kier molecular flexibility index (Phi) is 4.60. The molecule has 0 spiro atoms. The number of nitrogens with zero attached hydrogens (tertiary/aromatic N) is 5. The van der Waals surface area contributed by atoms with Crippen molar-refractivity contribution in [3.63, 3.8) is 0 Å². The SMILES string of the molecule is C[C@H](Nc1nc(-c2cnc3ccc(F)cn23)nc(Cl)c1F)c1ccc(F)cn1. The van der Waals surface area contributed by atoms with Gasteiger partial charge in [-0.15, -0.1) is 0 Å². The molecule has 0 saturated carbocycles. The molecule has 4 aromatic heterocycles. The molecule has 6 nitrogen and oxygen atoms in total. The molecule has 0 fully saturated rings. The lowest BCUT2D eigenvalue weighted by Crippen LogP contribution is -2.12. The zero-order valence-corrected chi connectivity index (χ0v) is 15.1. The van der Waals surface area contributed by atoms with Crippen LogP contribution in [0.15, 0.2) is 42.9 Å². The number of halogens is 4. The zero-order chi connectivity index (χ0) is 19.8. The molecule has 4 aromatic rings. The van der Waals surface area contributed by atoms with E-state index in [1.165, 1.54) is 41.1 Å². The minimum atomic E-state index is -0.848. The van der Waals surface area contributed by atoms with Gasteiger partial charge in [0.15, 0.2) is 16.8 Å². The van der Waals surface area contributed by atoms with E-state index in [-0.39, 0.29) is 11.6 Å². The molecule has 1 atom stereocenters. The van der Waals surface area contributed by atoms with Gasteiger partial charge in [-0.3, -0.25) is 9.38 Å². The van der Waals surface area contributed by atoms with Crippen molar-refractivity contribution < 1.29 is 13.2 Å². The van der Waals surface area contributed by atoms with Gasteiger partial charge < -0.3 is 5.32 Å². The fraction of sp³-hybridized carbons (Fsp3) is 0.111. The summed E-state index contributed by atoms with van der Waals surface area (Å²) >= 11 is 5.93. The fourth-order valence-corrected chi connectivity index (χ4v) is 2.84. The first kappa shape index (κ1) is 18.2. The Morgan fingerprint density at radius 1 is 1.00 bits per heavy atom. The number of aromatic nitrogens is 5. The third-order valence-electron chi connectivity index (χ3n) is 4.06. The summed E-state index contributed by atoms with van der Waals surface area (Å²) in [7, 11) is 0. The van der Waals surface area contributed by atoms with Crippen LogP contribution in [0.4, 0.5) is 19.0 Å². The molecule has 0 saturated heterocycles. The second kappa shape index (κ2) is 7.08. The van der Waals surface area contributed by atoms with Crippen LogP contribution in [0.2, 0.25) is 5.15 Å². The molecule has 4 heterocycles. The number of anilines is 1. The molecule has 28 heavy (non-hydrogen) atoms. The molecule has 0 aromatic carbocycles. The number of imidazole rings is 1. The first-order valence-electron chi connectivity index (χ1n) is 8.16. The quantitative estimate of drug-likeness (QED) is 0.510. The Morgan fingerprint density at radius 3 is 2.54 bits per heavy atom. The van der Waals surface area contributed by atoms with Gasteiger partial charge >= 0.3 is 0 Å². The van der Waals surface area contributed by atoms with E-state index in [0.29, 0.717) is 17.0 Å². The highest BCUT2D eigenvalue weighted by atomic mass is 35.5. The Hall–Kier alpha value is -3.20. The summed E-state index contributed by atoms with van der Waals surface area (Å²) in [6.07, 6.45) is 3.72. The maximum Gasteiger partial charge on any atom is 0.202 e. The largest absolute Gasteiger partial charge is 0.359 e. The van der Waals surface area contributed by atoms with Crippen molar-refractivity contribution in [2.45, 2.75) is 13.0 Å². The number of fused-ring (bicyclic) bond motifs is 1. The second-order valence-electron chi connectivity index (χ2n) is 5.99. The molecule has 0 aliphatic carbocycles. The molecule has 142 valence electrons. The average Bonchev–Trinajstić information content (AvgIpc) is 3.08. The number of pyridine rings is 2. The van der Waals surface area contributed by atoms with E-state index in [1.807, 2.05) is 0 Å². The molecule has 0 aliphatic rings. The van der Waals surface area contributed by atoms with Crippen LogP contribution in [0.5, 0.6) is 0 Å². The van der Waals surface area contributed by atoms with Crippen LogP contribution in [0.1, 0.15) is 18.7 Å². The van der Waals surface area contributed by atoms with Gasteiger partial charge in [-0.25, -0.2) is 23.7 Å². The smallest absolute Gasteiger partial charge is 0.202 e. The van der Waals surface area contributed by atoms with E-state index < -0.39 is 28.6 Å². The van der Waals surface area contributed by atoms with Gasteiger partial charge in [0.25, 0.3) is 0 Å². The van der Waals surface area contributed by atoms with Crippen LogP contribution in [0, 0.1) is 17.5 Å². The van der Waals surface area contributed by atoms with Crippen molar-refractivity contribution in [1.29, 1.82) is 0 Å². The summed E-state index contributed by atoms with van der Waals surface area (Å²) < 4.78 is 42.5. The summed E-state index contributed by atoms with van der Waals surface area (Å²) in [5.74, 6) is -1.91. The average molecular weight is 405 g/mol. The number of rotatable bonds is 4. The second-order valence-corrected chi connectivity index (χ2v) is 6.34. The highest BCUT2D eigenvalue weighted by molar-refractivity contribution is 6.29. The van der Waals surface area contributed by atoms with Crippen LogP contribution in [-0.2, 0) is 0 Å². The van der Waals surface area contributed by atoms with Crippen molar-refractivity contribution in [2.24, 2.45) is 0 Å². The number of hydrogen-bond donors (Lipinski definition) is 1. The normalized spacial score (nSPS) is 12.3. The molecule has 0 bridgehead atoms. The topological polar surface area (TPSA) is 68.0 Å². The number of nitrogens with one attached hydrogen (secondary N) is 1. The van der Waals surface area contributed by atoms with Gasteiger partial charge in [-0.05, 0) is 31.2 Å². The predicted molar refractivity (Wildman–Crippen MR) is 97.4 cm³/mol. The maximum absolute atomic E-state index is 14.5. The summed E-state index contributed by atoms with van der Waals surface area (Å²) in [5, 5.41) is 2.44. The van der Waals surface area contributed by atoms with Crippen LogP contribution in [0.25, 0.3) is 17.2 Å². The molecular weight excluding hydrogens is 393 g/mol. The highest BCUT2D eigenvalue weighted by Gasteiger charge is 2.19. The first-order valence-corrected chi connectivity index (χ1v) is 8.54. The zero-order valence-electron chi connectivity index (χ0n) is 14.4. The van der Waals surface area contributed by atoms with Crippen LogP contribution in [-0.4, -0.2) is 24.3 Å². The van der Waals surface area contributed by atoms with Crippen molar-refractivity contribution in [3.05, 3.63) is 71.2 Å². The first-order chi connectivity index (χ1) is 13.4.